The Labute approximate surface area is 106 Å². The molecule has 17 heavy (non-hydrogen) atoms. The molecule has 2 heterocycles. The lowest BCUT2D eigenvalue weighted by Crippen LogP contribution is -2.35. The van der Waals surface area contributed by atoms with Crippen LogP contribution >= 0.6 is 11.6 Å². The SMILES string of the molecule is Clc1[nH]nc2ccc(CC3CCCCN3)cc12. The van der Waals surface area contributed by atoms with Crippen LogP contribution in [0.25, 0.3) is 10.9 Å². The fourth-order valence-corrected chi connectivity index (χ4v) is 2.73. The van der Waals surface area contributed by atoms with Gasteiger partial charge in [0.25, 0.3) is 0 Å². The van der Waals surface area contributed by atoms with E-state index in [0.29, 0.717) is 11.2 Å². The van der Waals surface area contributed by atoms with E-state index in [1.165, 1.54) is 24.8 Å². The first-order valence-electron chi connectivity index (χ1n) is 6.19. The van der Waals surface area contributed by atoms with E-state index >= 15 is 0 Å². The van der Waals surface area contributed by atoms with Crippen molar-refractivity contribution in [1.29, 1.82) is 0 Å². The molecule has 0 saturated carbocycles. The Bertz CT molecular complexity index is 514. The third-order valence-corrected chi connectivity index (χ3v) is 3.75. The molecule has 1 aliphatic rings. The number of aromatic nitrogens is 2. The van der Waals surface area contributed by atoms with Gasteiger partial charge in [-0.05, 0) is 43.5 Å². The van der Waals surface area contributed by atoms with Crippen LogP contribution in [-0.4, -0.2) is 22.8 Å². The number of nitrogens with one attached hydrogen (secondary N) is 2. The van der Waals surface area contributed by atoms with E-state index in [9.17, 15) is 0 Å². The number of halogens is 1. The lowest BCUT2D eigenvalue weighted by molar-refractivity contribution is 0.399. The standard InChI is InChI=1S/C13H16ClN3/c14-13-11-8-9(4-5-12(11)16-17-13)7-10-3-1-2-6-15-10/h4-5,8,10,15H,1-3,6-7H2,(H,16,17). The van der Waals surface area contributed by atoms with Gasteiger partial charge in [0.15, 0.2) is 0 Å². The molecule has 4 heteroatoms. The van der Waals surface area contributed by atoms with Crippen LogP contribution < -0.4 is 5.32 Å². The Morgan fingerprint density at radius 1 is 1.35 bits per heavy atom. The summed E-state index contributed by atoms with van der Waals surface area (Å²) in [6, 6.07) is 6.95. The smallest absolute Gasteiger partial charge is 0.132 e. The minimum absolute atomic E-state index is 0.617. The maximum absolute atomic E-state index is 6.05. The molecule has 90 valence electrons. The molecule has 1 saturated heterocycles. The lowest BCUT2D eigenvalue weighted by Gasteiger charge is -2.23. The van der Waals surface area contributed by atoms with Crippen LogP contribution in [-0.2, 0) is 6.42 Å². The van der Waals surface area contributed by atoms with Crippen molar-refractivity contribution in [2.24, 2.45) is 0 Å². The van der Waals surface area contributed by atoms with Crippen molar-refractivity contribution in [2.45, 2.75) is 31.7 Å². The molecule has 0 bridgehead atoms. The monoisotopic (exact) mass is 249 g/mol. The van der Waals surface area contributed by atoms with Gasteiger partial charge in [0, 0.05) is 11.4 Å². The molecular weight excluding hydrogens is 234 g/mol. The van der Waals surface area contributed by atoms with Crippen LogP contribution in [0.15, 0.2) is 18.2 Å². The number of piperidine rings is 1. The molecule has 1 aromatic carbocycles. The van der Waals surface area contributed by atoms with Gasteiger partial charge >= 0.3 is 0 Å². The predicted octanol–water partition coefficient (Wildman–Crippen LogP) is 2.90. The number of rotatable bonds is 2. The topological polar surface area (TPSA) is 40.7 Å². The second-order valence-electron chi connectivity index (χ2n) is 4.74. The van der Waals surface area contributed by atoms with E-state index in [-0.39, 0.29) is 0 Å². The molecule has 3 rings (SSSR count). The Morgan fingerprint density at radius 2 is 2.29 bits per heavy atom. The summed E-state index contributed by atoms with van der Waals surface area (Å²) in [6.07, 6.45) is 5.00. The van der Waals surface area contributed by atoms with Crippen LogP contribution in [0.2, 0.25) is 5.15 Å². The summed E-state index contributed by atoms with van der Waals surface area (Å²) in [7, 11) is 0. The largest absolute Gasteiger partial charge is 0.314 e. The fraction of sp³-hybridized carbons (Fsp3) is 0.462. The van der Waals surface area contributed by atoms with Crippen molar-refractivity contribution >= 4 is 22.5 Å². The summed E-state index contributed by atoms with van der Waals surface area (Å²) >= 11 is 6.05. The number of hydrogen-bond donors (Lipinski definition) is 2. The van der Waals surface area contributed by atoms with Gasteiger partial charge in [-0.25, -0.2) is 0 Å². The van der Waals surface area contributed by atoms with Gasteiger partial charge in [0.05, 0.1) is 5.52 Å². The van der Waals surface area contributed by atoms with Gasteiger partial charge in [-0.1, -0.05) is 24.1 Å². The maximum atomic E-state index is 6.05. The number of H-pyrrole nitrogens is 1. The molecular formula is C13H16ClN3. The molecule has 1 fully saturated rings. The van der Waals surface area contributed by atoms with E-state index in [4.69, 9.17) is 11.6 Å². The van der Waals surface area contributed by atoms with E-state index in [1.807, 2.05) is 6.07 Å². The number of aromatic amines is 1. The quantitative estimate of drug-likeness (QED) is 0.859. The van der Waals surface area contributed by atoms with Gasteiger partial charge in [-0.2, -0.15) is 5.10 Å². The fourth-order valence-electron chi connectivity index (χ4n) is 2.54. The van der Waals surface area contributed by atoms with Crippen molar-refractivity contribution in [3.8, 4) is 0 Å². The number of hydrogen-bond acceptors (Lipinski definition) is 2. The number of fused-ring (bicyclic) bond motifs is 1. The van der Waals surface area contributed by atoms with Crippen molar-refractivity contribution in [2.75, 3.05) is 6.54 Å². The summed E-state index contributed by atoms with van der Waals surface area (Å²) < 4.78 is 0. The summed E-state index contributed by atoms with van der Waals surface area (Å²) in [6.45, 7) is 1.15. The Morgan fingerprint density at radius 3 is 3.12 bits per heavy atom. The summed E-state index contributed by atoms with van der Waals surface area (Å²) in [4.78, 5) is 0. The Kier molecular flexibility index (Phi) is 3.04. The highest BCUT2D eigenvalue weighted by atomic mass is 35.5. The van der Waals surface area contributed by atoms with E-state index in [0.717, 1.165) is 23.9 Å². The average molecular weight is 250 g/mol. The maximum Gasteiger partial charge on any atom is 0.132 e. The summed E-state index contributed by atoms with van der Waals surface area (Å²) in [5.74, 6) is 0. The molecule has 3 nitrogen and oxygen atoms in total. The van der Waals surface area contributed by atoms with E-state index in [1.54, 1.807) is 0 Å². The highest BCUT2D eigenvalue weighted by Crippen LogP contribution is 2.23. The molecule has 1 atom stereocenters. The van der Waals surface area contributed by atoms with Crippen LogP contribution in [0.5, 0.6) is 0 Å². The zero-order valence-electron chi connectivity index (χ0n) is 9.67. The molecule has 0 spiro atoms. The molecule has 0 amide bonds. The van der Waals surface area contributed by atoms with E-state index in [2.05, 4.69) is 27.6 Å². The molecule has 1 unspecified atom stereocenters. The normalized spacial score (nSPS) is 20.9. The van der Waals surface area contributed by atoms with Crippen LogP contribution in [0.3, 0.4) is 0 Å². The van der Waals surface area contributed by atoms with Gasteiger partial charge < -0.3 is 5.32 Å². The van der Waals surface area contributed by atoms with Gasteiger partial charge in [0.2, 0.25) is 0 Å². The average Bonchev–Trinajstić information content (AvgIpc) is 2.73. The van der Waals surface area contributed by atoms with Crippen molar-refractivity contribution in [1.82, 2.24) is 15.5 Å². The van der Waals surface area contributed by atoms with Crippen LogP contribution in [0.1, 0.15) is 24.8 Å². The van der Waals surface area contributed by atoms with Gasteiger partial charge in [0.1, 0.15) is 5.15 Å². The van der Waals surface area contributed by atoms with Gasteiger partial charge in [-0.15, -0.1) is 0 Å². The molecule has 1 aromatic heterocycles. The van der Waals surface area contributed by atoms with Crippen molar-refractivity contribution < 1.29 is 0 Å². The zero-order valence-corrected chi connectivity index (χ0v) is 10.4. The number of benzene rings is 1. The minimum atomic E-state index is 0.617. The van der Waals surface area contributed by atoms with Crippen molar-refractivity contribution in [3.63, 3.8) is 0 Å². The number of nitrogens with zero attached hydrogens (tertiary/aromatic N) is 1. The second-order valence-corrected chi connectivity index (χ2v) is 5.12. The predicted molar refractivity (Wildman–Crippen MR) is 70.4 cm³/mol. The third kappa shape index (κ3) is 2.31. The third-order valence-electron chi connectivity index (χ3n) is 3.47. The lowest BCUT2D eigenvalue weighted by atomic mass is 9.97. The first-order chi connectivity index (χ1) is 8.33. The highest BCUT2D eigenvalue weighted by molar-refractivity contribution is 6.34. The Balaban J connectivity index is 1.82. The van der Waals surface area contributed by atoms with Gasteiger partial charge in [-0.3, -0.25) is 5.10 Å². The van der Waals surface area contributed by atoms with Crippen LogP contribution in [0, 0.1) is 0 Å². The first kappa shape index (κ1) is 11.1. The molecule has 1 aliphatic heterocycles. The second kappa shape index (κ2) is 4.67. The van der Waals surface area contributed by atoms with E-state index < -0.39 is 0 Å². The zero-order chi connectivity index (χ0) is 11.7. The molecule has 0 radical (unpaired) electrons. The molecule has 0 aliphatic carbocycles. The van der Waals surface area contributed by atoms with Crippen LogP contribution in [0.4, 0.5) is 0 Å². The minimum Gasteiger partial charge on any atom is -0.314 e. The first-order valence-corrected chi connectivity index (χ1v) is 6.56. The summed E-state index contributed by atoms with van der Waals surface area (Å²) in [5.41, 5.74) is 2.27. The van der Waals surface area contributed by atoms with Crippen molar-refractivity contribution in [3.05, 3.63) is 28.9 Å². The highest BCUT2D eigenvalue weighted by Gasteiger charge is 2.13. The summed E-state index contributed by atoms with van der Waals surface area (Å²) in [5, 5.41) is 12.2. The molecule has 2 N–H and O–H groups in total. The Hall–Kier alpha value is -1.06. The molecule has 2 aromatic rings.